The number of fused-ring (bicyclic) bond motifs is 1. The summed E-state index contributed by atoms with van der Waals surface area (Å²) in [4.78, 5) is 12.1. The topological polar surface area (TPSA) is 37.3 Å². The van der Waals surface area contributed by atoms with Crippen molar-refractivity contribution < 1.29 is 9.90 Å². The fourth-order valence-electron chi connectivity index (χ4n) is 2.99. The minimum Gasteiger partial charge on any atom is -0.508 e. The molecular formula is C15H20O2. The van der Waals surface area contributed by atoms with Crippen LogP contribution in [0.5, 0.6) is 0 Å². The highest BCUT2D eigenvalue weighted by Crippen LogP contribution is 2.49. The van der Waals surface area contributed by atoms with E-state index >= 15 is 0 Å². The van der Waals surface area contributed by atoms with Crippen molar-refractivity contribution in [3.8, 4) is 0 Å². The van der Waals surface area contributed by atoms with Gasteiger partial charge in [-0.05, 0) is 57.1 Å². The van der Waals surface area contributed by atoms with Crippen LogP contribution in [0.25, 0.3) is 0 Å². The zero-order chi connectivity index (χ0) is 12.8. The molecule has 1 fully saturated rings. The summed E-state index contributed by atoms with van der Waals surface area (Å²) in [5, 5.41) is 9.79. The van der Waals surface area contributed by atoms with E-state index in [1.165, 1.54) is 11.6 Å². The number of hydrogen-bond acceptors (Lipinski definition) is 2. The molecule has 0 unspecified atom stereocenters. The molecule has 0 heterocycles. The molecule has 2 heteroatoms. The van der Waals surface area contributed by atoms with Crippen LogP contribution >= 0.6 is 0 Å². The second-order valence-electron chi connectivity index (χ2n) is 5.62. The Morgan fingerprint density at radius 3 is 2.82 bits per heavy atom. The molecular weight excluding hydrogens is 212 g/mol. The van der Waals surface area contributed by atoms with Gasteiger partial charge in [0, 0.05) is 6.08 Å². The van der Waals surface area contributed by atoms with Gasteiger partial charge in [-0.2, -0.15) is 0 Å². The van der Waals surface area contributed by atoms with E-state index in [1.807, 2.05) is 20.8 Å². The Morgan fingerprint density at radius 1 is 1.59 bits per heavy atom. The van der Waals surface area contributed by atoms with E-state index < -0.39 is 0 Å². The lowest BCUT2D eigenvalue weighted by Gasteiger charge is -2.41. The van der Waals surface area contributed by atoms with Crippen molar-refractivity contribution in [3.63, 3.8) is 0 Å². The van der Waals surface area contributed by atoms with Gasteiger partial charge in [0.05, 0.1) is 5.41 Å². The summed E-state index contributed by atoms with van der Waals surface area (Å²) in [5.74, 6) is 0.646. The Morgan fingerprint density at radius 2 is 2.24 bits per heavy atom. The van der Waals surface area contributed by atoms with E-state index in [1.54, 1.807) is 0 Å². The number of rotatable bonds is 1. The normalized spacial score (nSPS) is 33.2. The maximum absolute atomic E-state index is 12.1. The first-order valence-electron chi connectivity index (χ1n) is 6.17. The van der Waals surface area contributed by atoms with Gasteiger partial charge in [-0.1, -0.05) is 12.2 Å². The Bertz CT molecular complexity index is 454. The largest absolute Gasteiger partial charge is 0.508 e. The minimum absolute atomic E-state index is 0.0516. The van der Waals surface area contributed by atoms with Crippen molar-refractivity contribution in [1.82, 2.24) is 0 Å². The molecule has 2 rings (SSSR count). The van der Waals surface area contributed by atoms with Gasteiger partial charge < -0.3 is 5.11 Å². The van der Waals surface area contributed by atoms with Gasteiger partial charge in [0.25, 0.3) is 0 Å². The first-order chi connectivity index (χ1) is 7.86. The molecule has 0 aromatic carbocycles. The van der Waals surface area contributed by atoms with Crippen molar-refractivity contribution in [2.75, 3.05) is 0 Å². The summed E-state index contributed by atoms with van der Waals surface area (Å²) in [6.45, 7) is 9.98. The fraction of sp³-hybridized carbons (Fsp3) is 0.533. The van der Waals surface area contributed by atoms with Crippen molar-refractivity contribution in [2.45, 2.75) is 40.0 Å². The monoisotopic (exact) mass is 232 g/mol. The second kappa shape index (κ2) is 3.86. The van der Waals surface area contributed by atoms with Crippen molar-refractivity contribution in [3.05, 3.63) is 35.1 Å². The van der Waals surface area contributed by atoms with Crippen LogP contribution in [-0.4, -0.2) is 10.9 Å². The van der Waals surface area contributed by atoms with E-state index in [0.29, 0.717) is 5.92 Å². The maximum atomic E-state index is 12.1. The van der Waals surface area contributed by atoms with Crippen LogP contribution in [0, 0.1) is 11.3 Å². The predicted octanol–water partition coefficient (Wildman–Crippen LogP) is 3.71. The molecule has 0 amide bonds. The fourth-order valence-corrected chi connectivity index (χ4v) is 2.99. The van der Waals surface area contributed by atoms with Gasteiger partial charge in [0.2, 0.25) is 0 Å². The third kappa shape index (κ3) is 1.76. The zero-order valence-electron chi connectivity index (χ0n) is 10.8. The first-order valence-corrected chi connectivity index (χ1v) is 6.17. The zero-order valence-corrected chi connectivity index (χ0v) is 10.8. The average Bonchev–Trinajstić information content (AvgIpc) is 2.26. The lowest BCUT2D eigenvalue weighted by molar-refractivity contribution is -0.122. The molecule has 0 radical (unpaired) electrons. The highest BCUT2D eigenvalue weighted by atomic mass is 16.3. The lowest BCUT2D eigenvalue weighted by Crippen LogP contribution is -2.37. The van der Waals surface area contributed by atoms with E-state index in [4.69, 9.17) is 0 Å². The molecule has 0 aromatic rings. The molecule has 0 saturated heterocycles. The molecule has 1 N–H and O–H groups in total. The SMILES string of the molecule is C=C(C)[C@@H]1CC[C@@]2(C)C(=O)C=C(O)C(C)=C2C1. The predicted molar refractivity (Wildman–Crippen MR) is 68.7 cm³/mol. The van der Waals surface area contributed by atoms with E-state index in [0.717, 1.165) is 30.4 Å². The summed E-state index contributed by atoms with van der Waals surface area (Å²) < 4.78 is 0. The standard InChI is InChI=1S/C15H20O2/c1-9(2)11-5-6-15(4)12(7-11)10(3)13(16)8-14(15)17/h8,11,16H,1,5-7H2,2-4H3/t11-,15-/m1/s1. The smallest absolute Gasteiger partial charge is 0.169 e. The van der Waals surface area contributed by atoms with Gasteiger partial charge >= 0.3 is 0 Å². The van der Waals surface area contributed by atoms with Crippen molar-refractivity contribution >= 4 is 5.78 Å². The Balaban J connectivity index is 2.44. The average molecular weight is 232 g/mol. The summed E-state index contributed by atoms with van der Waals surface area (Å²) in [7, 11) is 0. The number of carbonyl (C=O) groups excluding carboxylic acids is 1. The Kier molecular flexibility index (Phi) is 2.76. The summed E-state index contributed by atoms with van der Waals surface area (Å²) in [6.07, 6.45) is 4.13. The molecule has 2 aliphatic carbocycles. The van der Waals surface area contributed by atoms with Gasteiger partial charge in [0.1, 0.15) is 5.76 Å². The van der Waals surface area contributed by atoms with Crippen LogP contribution in [0.1, 0.15) is 40.0 Å². The number of aliphatic hydroxyl groups is 1. The number of allylic oxidation sites excluding steroid dienone is 4. The first kappa shape index (κ1) is 12.2. The quantitative estimate of drug-likeness (QED) is 0.700. The Hall–Kier alpha value is -1.31. The van der Waals surface area contributed by atoms with Crippen LogP contribution < -0.4 is 0 Å². The van der Waals surface area contributed by atoms with Crippen LogP contribution in [-0.2, 0) is 4.79 Å². The lowest BCUT2D eigenvalue weighted by atomic mass is 9.61. The van der Waals surface area contributed by atoms with Crippen molar-refractivity contribution in [1.29, 1.82) is 0 Å². The van der Waals surface area contributed by atoms with Crippen LogP contribution in [0.2, 0.25) is 0 Å². The molecule has 0 aromatic heterocycles. The molecule has 2 nitrogen and oxygen atoms in total. The van der Waals surface area contributed by atoms with Crippen molar-refractivity contribution in [2.24, 2.45) is 11.3 Å². The van der Waals surface area contributed by atoms with Gasteiger partial charge in [-0.3, -0.25) is 4.79 Å². The second-order valence-corrected chi connectivity index (χ2v) is 5.62. The van der Waals surface area contributed by atoms with Gasteiger partial charge in [0.15, 0.2) is 5.78 Å². The van der Waals surface area contributed by atoms with Crippen LogP contribution in [0.3, 0.4) is 0 Å². The molecule has 0 spiro atoms. The number of carbonyl (C=O) groups is 1. The number of ketones is 1. The molecule has 0 bridgehead atoms. The summed E-state index contributed by atoms with van der Waals surface area (Å²) in [6, 6.07) is 0. The van der Waals surface area contributed by atoms with E-state index in [-0.39, 0.29) is 17.0 Å². The Labute approximate surface area is 103 Å². The third-order valence-corrected chi connectivity index (χ3v) is 4.45. The van der Waals surface area contributed by atoms with Crippen LogP contribution in [0.4, 0.5) is 0 Å². The van der Waals surface area contributed by atoms with Crippen LogP contribution in [0.15, 0.2) is 35.1 Å². The minimum atomic E-state index is -0.387. The van der Waals surface area contributed by atoms with E-state index in [9.17, 15) is 9.90 Å². The molecule has 0 aliphatic heterocycles. The molecule has 2 atom stereocenters. The molecule has 92 valence electrons. The molecule has 17 heavy (non-hydrogen) atoms. The van der Waals surface area contributed by atoms with Gasteiger partial charge in [-0.25, -0.2) is 0 Å². The molecule has 2 aliphatic rings. The molecule has 1 saturated carbocycles. The summed E-state index contributed by atoms with van der Waals surface area (Å²) in [5.41, 5.74) is 2.79. The maximum Gasteiger partial charge on any atom is 0.169 e. The number of aliphatic hydroxyl groups excluding tert-OH is 1. The van der Waals surface area contributed by atoms with E-state index in [2.05, 4.69) is 6.58 Å². The third-order valence-electron chi connectivity index (χ3n) is 4.45. The highest BCUT2D eigenvalue weighted by Gasteiger charge is 2.44. The summed E-state index contributed by atoms with van der Waals surface area (Å²) >= 11 is 0. The van der Waals surface area contributed by atoms with Gasteiger partial charge in [-0.15, -0.1) is 0 Å². The highest BCUT2D eigenvalue weighted by molar-refractivity contribution is 5.99. The number of hydrogen-bond donors (Lipinski definition) is 1.